The van der Waals surface area contributed by atoms with E-state index in [1.807, 2.05) is 0 Å². The second-order valence-corrected chi connectivity index (χ2v) is 5.37. The van der Waals surface area contributed by atoms with E-state index in [4.69, 9.17) is 22.3 Å². The first-order valence-electron chi connectivity index (χ1n) is 3.27. The monoisotopic (exact) mass is 240 g/mol. The van der Waals surface area contributed by atoms with Gasteiger partial charge in [-0.1, -0.05) is 11.6 Å². The van der Waals surface area contributed by atoms with Crippen LogP contribution in [0.25, 0.3) is 0 Å². The van der Waals surface area contributed by atoms with Gasteiger partial charge < -0.3 is 5.11 Å². The highest BCUT2D eigenvalue weighted by atomic mass is 35.7. The van der Waals surface area contributed by atoms with Crippen molar-refractivity contribution < 1.29 is 13.5 Å². The maximum atomic E-state index is 11.0. The van der Waals surface area contributed by atoms with E-state index in [1.54, 1.807) is 0 Å². The summed E-state index contributed by atoms with van der Waals surface area (Å²) in [5, 5.41) is 9.48. The van der Waals surface area contributed by atoms with E-state index in [0.29, 0.717) is 0 Å². The van der Waals surface area contributed by atoms with Crippen LogP contribution in [0, 0.1) is 6.92 Å². The van der Waals surface area contributed by atoms with E-state index in [9.17, 15) is 13.5 Å². The number of hydrogen-bond donors (Lipinski definition) is 1. The summed E-state index contributed by atoms with van der Waals surface area (Å²) < 4.78 is 21.9. The molecule has 0 amide bonds. The topological polar surface area (TPSA) is 54.4 Å². The predicted molar refractivity (Wildman–Crippen MR) is 50.9 cm³/mol. The van der Waals surface area contributed by atoms with Crippen molar-refractivity contribution >= 4 is 31.3 Å². The normalized spacial score (nSPS) is 11.6. The largest absolute Gasteiger partial charge is 0.507 e. The van der Waals surface area contributed by atoms with Gasteiger partial charge in [-0.3, -0.25) is 0 Å². The molecule has 1 aromatic rings. The molecule has 3 nitrogen and oxygen atoms in total. The van der Waals surface area contributed by atoms with Crippen molar-refractivity contribution in [1.29, 1.82) is 0 Å². The van der Waals surface area contributed by atoms with Gasteiger partial charge in [0.1, 0.15) is 10.6 Å². The third-order valence-electron chi connectivity index (χ3n) is 1.56. The van der Waals surface area contributed by atoms with Gasteiger partial charge in [-0.2, -0.15) is 0 Å². The molecule has 0 saturated heterocycles. The smallest absolute Gasteiger partial charge is 0.265 e. The zero-order chi connectivity index (χ0) is 10.2. The maximum Gasteiger partial charge on any atom is 0.265 e. The molecule has 0 bridgehead atoms. The van der Waals surface area contributed by atoms with E-state index in [0.717, 1.165) is 0 Å². The third-order valence-corrected chi connectivity index (χ3v) is 3.44. The number of hydrogen-bond acceptors (Lipinski definition) is 3. The molecule has 0 fully saturated rings. The minimum atomic E-state index is -3.95. The van der Waals surface area contributed by atoms with Crippen molar-refractivity contribution in [2.75, 3.05) is 0 Å². The molecule has 0 aliphatic carbocycles. The average molecular weight is 241 g/mol. The Bertz CT molecular complexity index is 439. The van der Waals surface area contributed by atoms with Crippen LogP contribution >= 0.6 is 22.3 Å². The Morgan fingerprint density at radius 3 is 2.31 bits per heavy atom. The highest BCUT2D eigenvalue weighted by Gasteiger charge is 2.20. The fourth-order valence-corrected chi connectivity index (χ4v) is 2.55. The Morgan fingerprint density at radius 2 is 1.92 bits per heavy atom. The van der Waals surface area contributed by atoms with Gasteiger partial charge in [0.05, 0.1) is 0 Å². The van der Waals surface area contributed by atoms with E-state index < -0.39 is 14.8 Å². The molecule has 0 aliphatic heterocycles. The average Bonchev–Trinajstić information content (AvgIpc) is 1.95. The zero-order valence-corrected chi connectivity index (χ0v) is 8.91. The van der Waals surface area contributed by atoms with E-state index >= 15 is 0 Å². The molecule has 0 atom stereocenters. The van der Waals surface area contributed by atoms with Crippen LogP contribution in [0.1, 0.15) is 5.56 Å². The number of rotatable bonds is 1. The molecule has 0 unspecified atom stereocenters. The lowest BCUT2D eigenvalue weighted by atomic mass is 10.2. The van der Waals surface area contributed by atoms with Crippen LogP contribution in [0.4, 0.5) is 0 Å². The third kappa shape index (κ3) is 2.07. The molecule has 0 radical (unpaired) electrons. The van der Waals surface area contributed by atoms with Crippen molar-refractivity contribution in [1.82, 2.24) is 0 Å². The Kier molecular flexibility index (Phi) is 2.75. The first kappa shape index (κ1) is 10.6. The van der Waals surface area contributed by atoms with Crippen molar-refractivity contribution in [2.45, 2.75) is 11.8 Å². The number of aromatic hydroxyl groups is 1. The molecule has 0 saturated carbocycles. The highest BCUT2D eigenvalue weighted by Crippen LogP contribution is 2.33. The molecule has 0 aromatic heterocycles. The van der Waals surface area contributed by atoms with E-state index in [-0.39, 0.29) is 15.5 Å². The summed E-state index contributed by atoms with van der Waals surface area (Å²) in [5.41, 5.74) is 0.247. The number of phenols is 1. The quantitative estimate of drug-likeness (QED) is 0.767. The fraction of sp³-hybridized carbons (Fsp3) is 0.143. The molecule has 0 heterocycles. The maximum absolute atomic E-state index is 11.0. The lowest BCUT2D eigenvalue weighted by Crippen LogP contribution is -1.95. The molecular weight excluding hydrogens is 235 g/mol. The van der Waals surface area contributed by atoms with Crippen molar-refractivity contribution in [2.24, 2.45) is 0 Å². The Labute approximate surface area is 85.3 Å². The van der Waals surface area contributed by atoms with E-state index in [2.05, 4.69) is 0 Å². The Hall–Kier alpha value is -0.450. The van der Waals surface area contributed by atoms with Gasteiger partial charge >= 0.3 is 0 Å². The van der Waals surface area contributed by atoms with Crippen LogP contribution in [-0.2, 0) is 9.05 Å². The van der Waals surface area contributed by atoms with Crippen LogP contribution in [-0.4, -0.2) is 13.5 Å². The van der Waals surface area contributed by atoms with Gasteiger partial charge in [-0.05, 0) is 24.6 Å². The van der Waals surface area contributed by atoms with Crippen molar-refractivity contribution in [3.05, 3.63) is 22.7 Å². The molecule has 1 N–H and O–H groups in total. The summed E-state index contributed by atoms with van der Waals surface area (Å²) >= 11 is 5.66. The van der Waals surface area contributed by atoms with Crippen molar-refractivity contribution in [3.63, 3.8) is 0 Å². The van der Waals surface area contributed by atoms with Gasteiger partial charge in [0.2, 0.25) is 0 Å². The Balaban J connectivity index is 3.62. The molecule has 72 valence electrons. The SMILES string of the molecule is Cc1c(Cl)ccc(O)c1S(=O)(=O)Cl. The summed E-state index contributed by atoms with van der Waals surface area (Å²) in [7, 11) is 1.15. The molecule has 1 aromatic carbocycles. The fourth-order valence-electron chi connectivity index (χ4n) is 0.961. The van der Waals surface area contributed by atoms with Crippen LogP contribution < -0.4 is 0 Å². The molecule has 0 spiro atoms. The molecule has 13 heavy (non-hydrogen) atoms. The lowest BCUT2D eigenvalue weighted by molar-refractivity contribution is 0.458. The van der Waals surface area contributed by atoms with Gasteiger partial charge in [0.25, 0.3) is 9.05 Å². The summed E-state index contributed by atoms with van der Waals surface area (Å²) in [5.74, 6) is -0.392. The van der Waals surface area contributed by atoms with Crippen LogP contribution in [0.3, 0.4) is 0 Å². The minimum Gasteiger partial charge on any atom is -0.507 e. The van der Waals surface area contributed by atoms with Crippen LogP contribution in [0.15, 0.2) is 17.0 Å². The second kappa shape index (κ2) is 3.36. The van der Waals surface area contributed by atoms with Gasteiger partial charge in [0.15, 0.2) is 0 Å². The Morgan fingerprint density at radius 1 is 1.38 bits per heavy atom. The molecule has 1 rings (SSSR count). The first-order chi connectivity index (χ1) is 5.84. The minimum absolute atomic E-state index is 0.247. The van der Waals surface area contributed by atoms with Gasteiger partial charge in [0, 0.05) is 15.7 Å². The zero-order valence-electron chi connectivity index (χ0n) is 6.58. The summed E-state index contributed by atoms with van der Waals surface area (Å²) in [4.78, 5) is -0.332. The van der Waals surface area contributed by atoms with Gasteiger partial charge in [-0.25, -0.2) is 8.42 Å². The van der Waals surface area contributed by atoms with Crippen molar-refractivity contribution in [3.8, 4) is 5.75 Å². The first-order valence-corrected chi connectivity index (χ1v) is 5.95. The van der Waals surface area contributed by atoms with Crippen LogP contribution in [0.2, 0.25) is 5.02 Å². The number of halogens is 2. The van der Waals surface area contributed by atoms with Crippen LogP contribution in [0.5, 0.6) is 5.75 Å². The second-order valence-electron chi connectivity index (χ2n) is 2.46. The van der Waals surface area contributed by atoms with E-state index in [1.165, 1.54) is 19.1 Å². The number of benzene rings is 1. The highest BCUT2D eigenvalue weighted by molar-refractivity contribution is 8.13. The lowest BCUT2D eigenvalue weighted by Gasteiger charge is -2.05. The molecule has 6 heteroatoms. The summed E-state index contributed by atoms with van der Waals surface area (Å²) in [6, 6.07) is 2.59. The van der Waals surface area contributed by atoms with Gasteiger partial charge in [-0.15, -0.1) is 0 Å². The summed E-state index contributed by atoms with van der Waals surface area (Å²) in [6.45, 7) is 1.47. The standard InChI is InChI=1S/C7H6Cl2O3S/c1-4-5(8)2-3-6(10)7(4)13(9,11)12/h2-3,10H,1H3. The number of phenolic OH excluding ortho intramolecular Hbond substituents is 1. The molecule has 0 aliphatic rings. The summed E-state index contributed by atoms with van der Waals surface area (Å²) in [6.07, 6.45) is 0. The predicted octanol–water partition coefficient (Wildman–Crippen LogP) is 2.28. The molecular formula is C7H6Cl2O3S.